The smallest absolute Gasteiger partial charge is 0.302 e. The van der Waals surface area contributed by atoms with Crippen LogP contribution in [0.2, 0.25) is 0 Å². The zero-order valence-electron chi connectivity index (χ0n) is 20.7. The Morgan fingerprint density at radius 3 is 2.62 bits per heavy atom. The Bertz CT molecular complexity index is 1040. The van der Waals surface area contributed by atoms with Crippen molar-refractivity contribution in [3.8, 4) is 0 Å². The maximum Gasteiger partial charge on any atom is 0.302 e. The number of fused-ring (bicyclic) bond motifs is 5. The molecule has 4 aliphatic carbocycles. The molecule has 4 aliphatic rings. The van der Waals surface area contributed by atoms with E-state index >= 15 is 0 Å². The number of halogens is 1. The molecule has 0 saturated heterocycles. The standard InChI is InChI=1S/C30H37BrO3/c1-19(32)34-22-14-16-29(2)21(18-22)9-10-23-24-11-12-26(30(24,3)17-15-25(23)29)28(33)13-8-20-6-4-5-7-27(20)31/h4-9,13,22-26H,10-12,14-18H2,1-3H3/b13-8+/t22-,23-,24-,25-,26+,29-,30-/m0/s1. The number of ketones is 1. The van der Waals surface area contributed by atoms with Crippen LogP contribution in [0.5, 0.6) is 0 Å². The molecular weight excluding hydrogens is 488 g/mol. The number of carbonyl (C=O) groups excluding carboxylic acids is 2. The summed E-state index contributed by atoms with van der Waals surface area (Å²) < 4.78 is 6.61. The van der Waals surface area contributed by atoms with Gasteiger partial charge in [0.1, 0.15) is 6.10 Å². The van der Waals surface area contributed by atoms with E-state index in [9.17, 15) is 9.59 Å². The molecule has 0 bridgehead atoms. The minimum atomic E-state index is -0.161. The summed E-state index contributed by atoms with van der Waals surface area (Å²) in [6.45, 7) is 6.40. The quantitative estimate of drug-likeness (QED) is 0.232. The first-order valence-corrected chi connectivity index (χ1v) is 13.8. The Morgan fingerprint density at radius 2 is 1.85 bits per heavy atom. The molecular formula is C30H37BrO3. The van der Waals surface area contributed by atoms with Crippen LogP contribution in [0.1, 0.15) is 77.7 Å². The number of hydrogen-bond donors (Lipinski definition) is 0. The first kappa shape index (κ1) is 24.0. The maximum atomic E-state index is 13.4. The van der Waals surface area contributed by atoms with E-state index < -0.39 is 0 Å². The largest absolute Gasteiger partial charge is 0.462 e. The van der Waals surface area contributed by atoms with Crippen molar-refractivity contribution in [2.45, 2.75) is 78.2 Å². The van der Waals surface area contributed by atoms with Gasteiger partial charge >= 0.3 is 5.97 Å². The molecule has 1 aromatic carbocycles. The van der Waals surface area contributed by atoms with Gasteiger partial charge in [-0.15, -0.1) is 0 Å². The summed E-state index contributed by atoms with van der Waals surface area (Å²) in [4.78, 5) is 24.9. The van der Waals surface area contributed by atoms with E-state index in [0.717, 1.165) is 48.6 Å². The summed E-state index contributed by atoms with van der Waals surface area (Å²) in [5, 5.41) is 0. The van der Waals surface area contributed by atoms with Gasteiger partial charge in [-0.2, -0.15) is 0 Å². The average Bonchev–Trinajstić information content (AvgIpc) is 3.15. The monoisotopic (exact) mass is 524 g/mol. The van der Waals surface area contributed by atoms with E-state index in [-0.39, 0.29) is 28.8 Å². The second-order valence-electron chi connectivity index (χ2n) is 11.7. The summed E-state index contributed by atoms with van der Waals surface area (Å²) in [6, 6.07) is 8.07. The van der Waals surface area contributed by atoms with Crippen molar-refractivity contribution in [1.82, 2.24) is 0 Å². The molecule has 5 rings (SSSR count). The van der Waals surface area contributed by atoms with Crippen molar-refractivity contribution in [1.29, 1.82) is 0 Å². The topological polar surface area (TPSA) is 43.4 Å². The lowest BCUT2D eigenvalue weighted by Gasteiger charge is -2.58. The maximum absolute atomic E-state index is 13.4. The Labute approximate surface area is 212 Å². The molecule has 34 heavy (non-hydrogen) atoms. The summed E-state index contributed by atoms with van der Waals surface area (Å²) in [5.74, 6) is 2.26. The fourth-order valence-corrected chi connectivity index (χ4v) is 8.75. The number of ether oxygens (including phenoxy) is 1. The van der Waals surface area contributed by atoms with Crippen molar-refractivity contribution in [3.63, 3.8) is 0 Å². The van der Waals surface area contributed by atoms with Gasteiger partial charge in [-0.3, -0.25) is 9.59 Å². The van der Waals surface area contributed by atoms with E-state index in [0.29, 0.717) is 23.5 Å². The van der Waals surface area contributed by atoms with Crippen molar-refractivity contribution in [2.24, 2.45) is 34.5 Å². The Hall–Kier alpha value is -1.68. The highest BCUT2D eigenvalue weighted by atomic mass is 79.9. The second-order valence-corrected chi connectivity index (χ2v) is 12.5. The Morgan fingerprint density at radius 1 is 1.06 bits per heavy atom. The van der Waals surface area contributed by atoms with Crippen molar-refractivity contribution < 1.29 is 14.3 Å². The van der Waals surface area contributed by atoms with E-state index in [1.807, 2.05) is 36.4 Å². The number of allylic oxidation sites excluding steroid dienone is 2. The first-order valence-electron chi connectivity index (χ1n) is 13.1. The fraction of sp³-hybridized carbons (Fsp3) is 0.600. The minimum Gasteiger partial charge on any atom is -0.462 e. The minimum absolute atomic E-state index is 0.0483. The molecule has 182 valence electrons. The zero-order chi connectivity index (χ0) is 24.1. The SMILES string of the molecule is CC(=O)O[C@H]1CC[C@@]2(C)C(=CC[C@H]3[C@@H]4CC[C@H](C(=O)/C=C/c5ccccc5Br)[C@@]4(C)CC[C@@H]32)C1. The molecule has 1 aromatic rings. The van der Waals surface area contributed by atoms with Gasteiger partial charge in [0, 0.05) is 23.7 Å². The molecule has 7 atom stereocenters. The first-order chi connectivity index (χ1) is 16.2. The summed E-state index contributed by atoms with van der Waals surface area (Å²) in [5.41, 5.74) is 2.91. The highest BCUT2D eigenvalue weighted by molar-refractivity contribution is 9.10. The molecule has 3 nitrogen and oxygen atoms in total. The van der Waals surface area contributed by atoms with Crippen LogP contribution < -0.4 is 0 Å². The van der Waals surface area contributed by atoms with Crippen molar-refractivity contribution in [2.75, 3.05) is 0 Å². The van der Waals surface area contributed by atoms with Gasteiger partial charge in [-0.25, -0.2) is 0 Å². The second kappa shape index (κ2) is 9.08. The van der Waals surface area contributed by atoms with Gasteiger partial charge < -0.3 is 4.74 Å². The highest BCUT2D eigenvalue weighted by Gasteiger charge is 2.59. The van der Waals surface area contributed by atoms with Crippen LogP contribution in [0.15, 0.2) is 46.5 Å². The molecule has 0 spiro atoms. The highest BCUT2D eigenvalue weighted by Crippen LogP contribution is 2.66. The predicted molar refractivity (Wildman–Crippen MR) is 139 cm³/mol. The molecule has 0 amide bonds. The summed E-state index contributed by atoms with van der Waals surface area (Å²) in [7, 11) is 0. The zero-order valence-corrected chi connectivity index (χ0v) is 22.3. The fourth-order valence-electron chi connectivity index (χ4n) is 8.33. The van der Waals surface area contributed by atoms with Gasteiger partial charge in [0.2, 0.25) is 0 Å². The number of esters is 1. The van der Waals surface area contributed by atoms with Gasteiger partial charge in [-0.1, -0.05) is 65.7 Å². The number of hydrogen-bond acceptors (Lipinski definition) is 3. The summed E-state index contributed by atoms with van der Waals surface area (Å²) in [6.07, 6.45) is 15.0. The number of benzene rings is 1. The molecule has 0 radical (unpaired) electrons. The Balaban J connectivity index is 1.33. The lowest BCUT2D eigenvalue weighted by atomic mass is 9.47. The average molecular weight is 526 g/mol. The lowest BCUT2D eigenvalue weighted by molar-refractivity contribution is -0.149. The molecule has 0 aromatic heterocycles. The van der Waals surface area contributed by atoms with Crippen molar-refractivity contribution >= 4 is 33.8 Å². The van der Waals surface area contributed by atoms with E-state index in [1.54, 1.807) is 0 Å². The third kappa shape index (κ3) is 4.04. The van der Waals surface area contributed by atoms with E-state index in [1.165, 1.54) is 25.3 Å². The molecule has 0 heterocycles. The van der Waals surface area contributed by atoms with Crippen LogP contribution in [-0.4, -0.2) is 17.9 Å². The van der Waals surface area contributed by atoms with Gasteiger partial charge in [0.05, 0.1) is 0 Å². The van der Waals surface area contributed by atoms with Crippen LogP contribution in [0, 0.1) is 34.5 Å². The molecule has 3 fully saturated rings. The molecule has 0 unspecified atom stereocenters. The van der Waals surface area contributed by atoms with Gasteiger partial charge in [0.15, 0.2) is 5.78 Å². The molecule has 0 N–H and O–H groups in total. The third-order valence-electron chi connectivity index (χ3n) is 10.1. The van der Waals surface area contributed by atoms with Crippen LogP contribution >= 0.6 is 15.9 Å². The predicted octanol–water partition coefficient (Wildman–Crippen LogP) is 7.54. The van der Waals surface area contributed by atoms with Crippen LogP contribution in [0.3, 0.4) is 0 Å². The Kier molecular flexibility index (Phi) is 6.42. The van der Waals surface area contributed by atoms with Crippen molar-refractivity contribution in [3.05, 3.63) is 52.0 Å². The van der Waals surface area contributed by atoms with Crippen LogP contribution in [-0.2, 0) is 14.3 Å². The van der Waals surface area contributed by atoms with E-state index in [2.05, 4.69) is 35.9 Å². The third-order valence-corrected chi connectivity index (χ3v) is 10.8. The lowest BCUT2D eigenvalue weighted by Crippen LogP contribution is -2.51. The van der Waals surface area contributed by atoms with Crippen LogP contribution in [0.25, 0.3) is 6.08 Å². The van der Waals surface area contributed by atoms with Gasteiger partial charge in [-0.05, 0) is 91.2 Å². The number of carbonyl (C=O) groups is 2. The molecule has 3 saturated carbocycles. The van der Waals surface area contributed by atoms with Crippen LogP contribution in [0.4, 0.5) is 0 Å². The van der Waals surface area contributed by atoms with Gasteiger partial charge in [0.25, 0.3) is 0 Å². The molecule has 4 heteroatoms. The normalized spacial score (nSPS) is 39.1. The number of rotatable bonds is 4. The molecule has 0 aliphatic heterocycles. The summed E-state index contributed by atoms with van der Waals surface area (Å²) >= 11 is 3.59. The van der Waals surface area contributed by atoms with E-state index in [4.69, 9.17) is 4.74 Å².